The Hall–Kier alpha value is -0.870. The molecule has 0 aliphatic rings. The summed E-state index contributed by atoms with van der Waals surface area (Å²) in [5, 5.41) is 0. The molecule has 1 aromatic carbocycles. The Labute approximate surface area is 97.6 Å². The van der Waals surface area contributed by atoms with Crippen molar-refractivity contribution in [1.82, 2.24) is 0 Å². The van der Waals surface area contributed by atoms with Gasteiger partial charge in [0.15, 0.2) is 9.84 Å². The fourth-order valence-corrected chi connectivity index (χ4v) is 2.85. The minimum absolute atomic E-state index is 0.218. The number of unbranched alkanes of at least 4 members (excludes halogenated alkanes) is 2. The molecule has 2 N–H and O–H groups in total. The molecule has 0 saturated carbocycles. The topological polar surface area (TPSA) is 60.2 Å². The molecule has 0 fully saturated rings. The molecule has 4 heteroatoms. The van der Waals surface area contributed by atoms with E-state index >= 15 is 0 Å². The lowest BCUT2D eigenvalue weighted by Crippen LogP contribution is -2.07. The van der Waals surface area contributed by atoms with Crippen molar-refractivity contribution in [2.24, 2.45) is 5.73 Å². The van der Waals surface area contributed by atoms with Crippen molar-refractivity contribution in [3.63, 3.8) is 0 Å². The van der Waals surface area contributed by atoms with Crippen LogP contribution < -0.4 is 5.73 Å². The molecule has 90 valence electrons. The largest absolute Gasteiger partial charge is 0.330 e. The van der Waals surface area contributed by atoms with Gasteiger partial charge in [0, 0.05) is 0 Å². The van der Waals surface area contributed by atoms with Crippen molar-refractivity contribution < 1.29 is 8.42 Å². The first-order valence-electron chi connectivity index (χ1n) is 5.56. The van der Waals surface area contributed by atoms with Gasteiger partial charge in [0.2, 0.25) is 0 Å². The molecule has 0 spiro atoms. The summed E-state index contributed by atoms with van der Waals surface area (Å²) in [5.41, 5.74) is 6.43. The van der Waals surface area contributed by atoms with Crippen LogP contribution >= 0.6 is 0 Å². The lowest BCUT2D eigenvalue weighted by Gasteiger charge is -2.04. The molecule has 0 heterocycles. The van der Waals surface area contributed by atoms with Crippen LogP contribution in [-0.2, 0) is 9.84 Å². The molecule has 3 nitrogen and oxygen atoms in total. The highest BCUT2D eigenvalue weighted by Gasteiger charge is 2.12. The minimum Gasteiger partial charge on any atom is -0.330 e. The van der Waals surface area contributed by atoms with Gasteiger partial charge in [-0.3, -0.25) is 0 Å². The van der Waals surface area contributed by atoms with E-state index in [0.29, 0.717) is 17.9 Å². The average Bonchev–Trinajstić information content (AvgIpc) is 2.25. The standard InChI is InChI=1S/C12H19NO2S/c1-11-5-7-12(8-6-11)16(14,15)10-4-2-3-9-13/h5-8H,2-4,9-10,13H2,1H3. The van der Waals surface area contributed by atoms with E-state index in [1.54, 1.807) is 12.1 Å². The van der Waals surface area contributed by atoms with E-state index in [9.17, 15) is 8.42 Å². The number of hydrogen-bond donors (Lipinski definition) is 1. The minimum atomic E-state index is -3.10. The van der Waals surface area contributed by atoms with Crippen LogP contribution in [0.3, 0.4) is 0 Å². The zero-order chi connectivity index (χ0) is 12.0. The maximum Gasteiger partial charge on any atom is 0.178 e. The fraction of sp³-hybridized carbons (Fsp3) is 0.500. The van der Waals surface area contributed by atoms with Gasteiger partial charge in [0.25, 0.3) is 0 Å². The van der Waals surface area contributed by atoms with Crippen molar-refractivity contribution in [3.05, 3.63) is 29.8 Å². The molecule has 0 amide bonds. The molecule has 1 aromatic rings. The van der Waals surface area contributed by atoms with Crippen molar-refractivity contribution in [2.45, 2.75) is 31.1 Å². The molecule has 0 radical (unpaired) electrons. The SMILES string of the molecule is Cc1ccc(S(=O)(=O)CCCCCN)cc1. The predicted molar refractivity (Wildman–Crippen MR) is 66.1 cm³/mol. The number of aryl methyl sites for hydroxylation is 1. The van der Waals surface area contributed by atoms with E-state index in [0.717, 1.165) is 18.4 Å². The molecule has 1 rings (SSSR count). The Morgan fingerprint density at radius 2 is 1.69 bits per heavy atom. The number of sulfone groups is 1. The normalized spacial score (nSPS) is 11.6. The Kier molecular flexibility index (Phi) is 4.96. The van der Waals surface area contributed by atoms with Gasteiger partial charge < -0.3 is 5.73 Å². The molecule has 16 heavy (non-hydrogen) atoms. The van der Waals surface area contributed by atoms with Crippen molar-refractivity contribution in [3.8, 4) is 0 Å². The third-order valence-electron chi connectivity index (χ3n) is 2.50. The highest BCUT2D eigenvalue weighted by atomic mass is 32.2. The van der Waals surface area contributed by atoms with Crippen LogP contribution in [0.2, 0.25) is 0 Å². The van der Waals surface area contributed by atoms with Gasteiger partial charge >= 0.3 is 0 Å². The molecule has 0 atom stereocenters. The lowest BCUT2D eigenvalue weighted by molar-refractivity contribution is 0.590. The highest BCUT2D eigenvalue weighted by molar-refractivity contribution is 7.91. The summed E-state index contributed by atoms with van der Waals surface area (Å²) in [6.07, 6.45) is 2.46. The van der Waals surface area contributed by atoms with Gasteiger partial charge in [0.05, 0.1) is 10.6 Å². The Morgan fingerprint density at radius 1 is 1.06 bits per heavy atom. The first kappa shape index (κ1) is 13.2. The average molecular weight is 241 g/mol. The van der Waals surface area contributed by atoms with Crippen molar-refractivity contribution >= 4 is 9.84 Å². The summed E-state index contributed by atoms with van der Waals surface area (Å²) in [6, 6.07) is 7.00. The van der Waals surface area contributed by atoms with E-state index in [4.69, 9.17) is 5.73 Å². The Balaban J connectivity index is 2.60. The van der Waals surface area contributed by atoms with E-state index in [2.05, 4.69) is 0 Å². The number of nitrogens with two attached hydrogens (primary N) is 1. The Bertz CT molecular complexity index is 409. The number of hydrogen-bond acceptors (Lipinski definition) is 3. The summed E-state index contributed by atoms with van der Waals surface area (Å²) in [6.45, 7) is 2.57. The second-order valence-corrected chi connectivity index (χ2v) is 6.09. The summed E-state index contributed by atoms with van der Waals surface area (Å²) in [7, 11) is -3.10. The zero-order valence-corrected chi connectivity index (χ0v) is 10.5. The second-order valence-electron chi connectivity index (χ2n) is 3.98. The molecule has 0 aliphatic heterocycles. The molecule has 0 bridgehead atoms. The van der Waals surface area contributed by atoms with E-state index in [1.807, 2.05) is 19.1 Å². The zero-order valence-electron chi connectivity index (χ0n) is 9.65. The summed E-state index contributed by atoms with van der Waals surface area (Å²) < 4.78 is 23.8. The third kappa shape index (κ3) is 3.94. The smallest absolute Gasteiger partial charge is 0.178 e. The van der Waals surface area contributed by atoms with Crippen molar-refractivity contribution in [1.29, 1.82) is 0 Å². The Morgan fingerprint density at radius 3 is 2.25 bits per heavy atom. The van der Waals surface area contributed by atoms with Gasteiger partial charge in [-0.1, -0.05) is 24.1 Å². The fourth-order valence-electron chi connectivity index (χ4n) is 1.48. The molecule has 0 saturated heterocycles. The van der Waals surface area contributed by atoms with E-state index in [-0.39, 0.29) is 5.75 Å². The summed E-state index contributed by atoms with van der Waals surface area (Å²) in [4.78, 5) is 0.422. The summed E-state index contributed by atoms with van der Waals surface area (Å²) >= 11 is 0. The monoisotopic (exact) mass is 241 g/mol. The van der Waals surface area contributed by atoms with Gasteiger partial charge in [0.1, 0.15) is 0 Å². The second kappa shape index (κ2) is 6.01. The maximum absolute atomic E-state index is 11.9. The predicted octanol–water partition coefficient (Wildman–Crippen LogP) is 1.90. The van der Waals surface area contributed by atoms with Crippen LogP contribution in [0.25, 0.3) is 0 Å². The van der Waals surface area contributed by atoms with Gasteiger partial charge in [-0.15, -0.1) is 0 Å². The van der Waals surface area contributed by atoms with E-state index in [1.165, 1.54) is 0 Å². The number of rotatable bonds is 6. The molecule has 0 aliphatic carbocycles. The van der Waals surface area contributed by atoms with Crippen molar-refractivity contribution in [2.75, 3.05) is 12.3 Å². The van der Waals surface area contributed by atoms with Crippen LogP contribution in [0.5, 0.6) is 0 Å². The third-order valence-corrected chi connectivity index (χ3v) is 4.31. The van der Waals surface area contributed by atoms with Crippen LogP contribution in [0.1, 0.15) is 24.8 Å². The van der Waals surface area contributed by atoms with Crippen LogP contribution in [0.15, 0.2) is 29.2 Å². The molecular weight excluding hydrogens is 222 g/mol. The quantitative estimate of drug-likeness (QED) is 0.774. The van der Waals surface area contributed by atoms with Crippen LogP contribution in [0.4, 0.5) is 0 Å². The molecule has 0 unspecified atom stereocenters. The van der Waals surface area contributed by atoms with E-state index < -0.39 is 9.84 Å². The van der Waals surface area contributed by atoms with Gasteiger partial charge in [-0.2, -0.15) is 0 Å². The van der Waals surface area contributed by atoms with Gasteiger partial charge in [-0.25, -0.2) is 8.42 Å². The summed E-state index contributed by atoms with van der Waals surface area (Å²) in [5.74, 6) is 0.218. The molecular formula is C12H19NO2S. The van der Waals surface area contributed by atoms with Crippen LogP contribution in [0, 0.1) is 6.92 Å². The first-order chi connectivity index (χ1) is 7.56. The van der Waals surface area contributed by atoms with Gasteiger partial charge in [-0.05, 0) is 38.4 Å². The lowest BCUT2D eigenvalue weighted by atomic mass is 10.2. The van der Waals surface area contributed by atoms with Crippen LogP contribution in [-0.4, -0.2) is 20.7 Å². The molecule has 0 aromatic heterocycles. The first-order valence-corrected chi connectivity index (χ1v) is 7.21. The highest BCUT2D eigenvalue weighted by Crippen LogP contribution is 2.13. The number of benzene rings is 1. The maximum atomic E-state index is 11.9.